The van der Waals surface area contributed by atoms with Gasteiger partial charge >= 0.3 is 0 Å². The highest BCUT2D eigenvalue weighted by molar-refractivity contribution is 5.80. The van der Waals surface area contributed by atoms with Gasteiger partial charge in [0.15, 0.2) is 5.96 Å². The van der Waals surface area contributed by atoms with Crippen LogP contribution in [0, 0.1) is 11.6 Å². The first kappa shape index (κ1) is 22.7. The van der Waals surface area contributed by atoms with Crippen molar-refractivity contribution in [3.8, 4) is 5.88 Å². The maximum absolute atomic E-state index is 14.1. The van der Waals surface area contributed by atoms with E-state index in [1.807, 2.05) is 19.1 Å². The molecule has 168 valence electrons. The van der Waals surface area contributed by atoms with Gasteiger partial charge in [-0.2, -0.15) is 0 Å². The molecule has 2 N–H and O–H groups in total. The first-order chi connectivity index (χ1) is 15.1. The van der Waals surface area contributed by atoms with E-state index in [0.29, 0.717) is 51.2 Å². The molecule has 0 saturated carbocycles. The summed E-state index contributed by atoms with van der Waals surface area (Å²) in [4.78, 5) is 10.6. The number of aromatic nitrogens is 1. The molecule has 0 bridgehead atoms. The van der Waals surface area contributed by atoms with Crippen molar-refractivity contribution in [3.63, 3.8) is 0 Å². The van der Waals surface area contributed by atoms with Gasteiger partial charge in [-0.15, -0.1) is 0 Å². The van der Waals surface area contributed by atoms with Crippen molar-refractivity contribution in [2.24, 2.45) is 4.99 Å². The number of ether oxygens (including phenoxy) is 2. The number of methoxy groups -OCH3 is 1. The second kappa shape index (κ2) is 11.5. The molecule has 31 heavy (non-hydrogen) atoms. The molecule has 1 fully saturated rings. The Hall–Kier alpha value is -2.94. The number of rotatable bonds is 9. The highest BCUT2D eigenvalue weighted by Gasteiger charge is 2.27. The van der Waals surface area contributed by atoms with Crippen LogP contribution in [0.1, 0.15) is 18.9 Å². The number of guanidine groups is 1. The summed E-state index contributed by atoms with van der Waals surface area (Å²) in [5.41, 5.74) is 0.888. The zero-order chi connectivity index (χ0) is 22.1. The van der Waals surface area contributed by atoms with E-state index in [1.54, 1.807) is 18.2 Å². The van der Waals surface area contributed by atoms with Gasteiger partial charge in [-0.3, -0.25) is 0 Å². The van der Waals surface area contributed by atoms with E-state index < -0.39 is 11.6 Å². The summed E-state index contributed by atoms with van der Waals surface area (Å²) < 4.78 is 38.9. The molecule has 1 aliphatic heterocycles. The summed E-state index contributed by atoms with van der Waals surface area (Å²) in [6.45, 7) is 4.99. The fourth-order valence-electron chi connectivity index (χ4n) is 3.45. The van der Waals surface area contributed by atoms with E-state index >= 15 is 0 Å². The Bertz CT molecular complexity index is 860. The lowest BCUT2D eigenvalue weighted by molar-refractivity contribution is 0.143. The highest BCUT2D eigenvalue weighted by Crippen LogP contribution is 2.26. The molecule has 1 aromatic heterocycles. The Labute approximate surface area is 181 Å². The summed E-state index contributed by atoms with van der Waals surface area (Å²) in [7, 11) is 1.62. The Morgan fingerprint density at radius 1 is 1.23 bits per heavy atom. The van der Waals surface area contributed by atoms with Gasteiger partial charge in [-0.25, -0.2) is 18.8 Å². The number of aliphatic imine (C=N–C) groups is 1. The van der Waals surface area contributed by atoms with Gasteiger partial charge in [0, 0.05) is 44.5 Å². The van der Waals surface area contributed by atoms with Crippen LogP contribution in [-0.4, -0.2) is 56.9 Å². The second-order valence-corrected chi connectivity index (χ2v) is 7.15. The summed E-state index contributed by atoms with van der Waals surface area (Å²) in [5.74, 6) is 0.0777. The van der Waals surface area contributed by atoms with Crippen LogP contribution in [0.3, 0.4) is 0 Å². The maximum Gasteiger partial charge on any atom is 0.218 e. The predicted molar refractivity (Wildman–Crippen MR) is 117 cm³/mol. The summed E-state index contributed by atoms with van der Waals surface area (Å²) in [5, 5.41) is 6.59. The lowest BCUT2D eigenvalue weighted by Gasteiger charge is -2.21. The molecule has 0 amide bonds. The van der Waals surface area contributed by atoms with E-state index in [0.717, 1.165) is 12.0 Å². The normalized spacial score (nSPS) is 16.5. The predicted octanol–water partition coefficient (Wildman–Crippen LogP) is 2.72. The van der Waals surface area contributed by atoms with Crippen LogP contribution in [0.25, 0.3) is 0 Å². The van der Waals surface area contributed by atoms with Crippen LogP contribution in [0.2, 0.25) is 0 Å². The van der Waals surface area contributed by atoms with Gasteiger partial charge in [-0.05, 0) is 31.5 Å². The van der Waals surface area contributed by atoms with Gasteiger partial charge in [-0.1, -0.05) is 12.1 Å². The third-order valence-corrected chi connectivity index (χ3v) is 4.91. The number of halogens is 2. The van der Waals surface area contributed by atoms with E-state index in [1.165, 1.54) is 18.2 Å². The Morgan fingerprint density at radius 2 is 2.03 bits per heavy atom. The van der Waals surface area contributed by atoms with Crippen molar-refractivity contribution in [2.75, 3.05) is 44.9 Å². The lowest BCUT2D eigenvalue weighted by Crippen LogP contribution is -2.44. The van der Waals surface area contributed by atoms with Crippen molar-refractivity contribution in [2.45, 2.75) is 25.9 Å². The molecule has 1 aromatic carbocycles. The molecule has 2 aromatic rings. The number of nitrogens with zero attached hydrogens (tertiary/aromatic N) is 3. The van der Waals surface area contributed by atoms with Crippen LogP contribution >= 0.6 is 0 Å². The van der Waals surface area contributed by atoms with E-state index in [9.17, 15) is 8.78 Å². The van der Waals surface area contributed by atoms with Crippen molar-refractivity contribution in [1.82, 2.24) is 15.6 Å². The minimum atomic E-state index is -0.543. The Morgan fingerprint density at radius 3 is 2.77 bits per heavy atom. The van der Waals surface area contributed by atoms with Gasteiger partial charge in [0.05, 0.1) is 13.2 Å². The number of nitrogens with one attached hydrogen (secondary N) is 2. The molecule has 1 unspecified atom stereocenters. The second-order valence-electron chi connectivity index (χ2n) is 7.15. The molecule has 9 heteroatoms. The Balaban J connectivity index is 1.63. The summed E-state index contributed by atoms with van der Waals surface area (Å²) >= 11 is 0. The summed E-state index contributed by atoms with van der Waals surface area (Å²) in [6, 6.07) is 7.72. The van der Waals surface area contributed by atoms with Gasteiger partial charge < -0.3 is 25.0 Å². The molecule has 1 aliphatic rings. The third-order valence-electron chi connectivity index (χ3n) is 4.91. The van der Waals surface area contributed by atoms with Crippen LogP contribution in [0.4, 0.5) is 14.5 Å². The van der Waals surface area contributed by atoms with Gasteiger partial charge in [0.25, 0.3) is 0 Å². The molecular formula is C22H29F2N5O2. The van der Waals surface area contributed by atoms with Crippen molar-refractivity contribution >= 4 is 11.6 Å². The zero-order valence-electron chi connectivity index (χ0n) is 17.9. The van der Waals surface area contributed by atoms with Crippen LogP contribution in [0.15, 0.2) is 41.5 Å². The Kier molecular flexibility index (Phi) is 8.40. The average molecular weight is 434 g/mol. The van der Waals surface area contributed by atoms with Gasteiger partial charge in [0.1, 0.15) is 23.9 Å². The fourth-order valence-corrected chi connectivity index (χ4v) is 3.45. The molecular weight excluding hydrogens is 404 g/mol. The largest absolute Gasteiger partial charge is 0.475 e. The molecule has 0 radical (unpaired) electrons. The fraction of sp³-hybridized carbons (Fsp3) is 0.455. The summed E-state index contributed by atoms with van der Waals surface area (Å²) in [6.07, 6.45) is 2.42. The smallest absolute Gasteiger partial charge is 0.218 e. The molecule has 0 aliphatic carbocycles. The van der Waals surface area contributed by atoms with Crippen LogP contribution in [-0.2, 0) is 11.3 Å². The number of benzene rings is 1. The van der Waals surface area contributed by atoms with E-state index in [4.69, 9.17) is 9.47 Å². The van der Waals surface area contributed by atoms with Crippen molar-refractivity contribution in [3.05, 3.63) is 53.7 Å². The number of pyridine rings is 1. The quantitative estimate of drug-likeness (QED) is 0.360. The molecule has 1 atom stereocenters. The van der Waals surface area contributed by atoms with E-state index in [2.05, 4.69) is 20.6 Å². The third kappa shape index (κ3) is 6.27. The number of hydrogen-bond donors (Lipinski definition) is 2. The molecule has 2 heterocycles. The monoisotopic (exact) mass is 433 g/mol. The minimum absolute atomic E-state index is 0.0168. The average Bonchev–Trinajstić information content (AvgIpc) is 3.21. The van der Waals surface area contributed by atoms with Crippen LogP contribution in [0.5, 0.6) is 5.88 Å². The number of hydrogen-bond acceptors (Lipinski definition) is 5. The number of anilines is 1. The van der Waals surface area contributed by atoms with Crippen LogP contribution < -0.4 is 20.3 Å². The first-order valence-corrected chi connectivity index (χ1v) is 10.4. The topological polar surface area (TPSA) is 71.0 Å². The molecule has 3 rings (SSSR count). The maximum atomic E-state index is 14.1. The minimum Gasteiger partial charge on any atom is -0.475 e. The SMILES string of the molecule is CCNC(=NCc1cccnc1OCCOC)NC1CCN(c2c(F)cccc2F)C1. The molecule has 7 nitrogen and oxygen atoms in total. The van der Waals surface area contributed by atoms with Gasteiger partial charge in [0.2, 0.25) is 5.88 Å². The van der Waals surface area contributed by atoms with Crippen molar-refractivity contribution < 1.29 is 18.3 Å². The van der Waals surface area contributed by atoms with E-state index in [-0.39, 0.29) is 11.7 Å². The number of para-hydroxylation sites is 1. The first-order valence-electron chi connectivity index (χ1n) is 10.4. The lowest BCUT2D eigenvalue weighted by atomic mass is 10.2. The molecule has 0 spiro atoms. The molecule has 1 saturated heterocycles. The zero-order valence-corrected chi connectivity index (χ0v) is 17.9. The standard InChI is InChI=1S/C22H29F2N5O2/c1-3-25-22(27-14-16-6-5-10-26-21(16)31-13-12-30-2)28-17-9-11-29(15-17)20-18(23)7-4-8-19(20)24/h4-8,10,17H,3,9,11-15H2,1-2H3,(H2,25,27,28). The highest BCUT2D eigenvalue weighted by atomic mass is 19.1. The van der Waals surface area contributed by atoms with Crippen molar-refractivity contribution in [1.29, 1.82) is 0 Å².